The number of nitro groups is 1. The van der Waals surface area contributed by atoms with Crippen molar-refractivity contribution in [2.24, 2.45) is 0 Å². The van der Waals surface area contributed by atoms with Gasteiger partial charge in [-0.05, 0) is 17.7 Å². The van der Waals surface area contributed by atoms with Crippen molar-refractivity contribution in [1.82, 2.24) is 0 Å². The lowest BCUT2D eigenvalue weighted by Gasteiger charge is -2.20. The molecule has 1 unspecified atom stereocenters. The molecule has 0 spiro atoms. The van der Waals surface area contributed by atoms with Crippen molar-refractivity contribution in [3.8, 4) is 0 Å². The highest BCUT2D eigenvalue weighted by molar-refractivity contribution is 8.08. The molecule has 0 bridgehead atoms. The van der Waals surface area contributed by atoms with E-state index in [4.69, 9.17) is 11.6 Å². The highest BCUT2D eigenvalue weighted by atomic mass is 35.5. The average Bonchev–Trinajstić information content (AvgIpc) is 2.55. The molecule has 2 aromatic carbocycles. The van der Waals surface area contributed by atoms with Crippen molar-refractivity contribution in [2.45, 2.75) is 5.25 Å². The van der Waals surface area contributed by atoms with Gasteiger partial charge in [0.1, 0.15) is 5.25 Å². The molecule has 2 aromatic rings. The predicted molar refractivity (Wildman–Crippen MR) is 91.3 cm³/mol. The molecule has 3 nitrogen and oxygen atoms in total. The molecule has 3 rings (SSSR count). The van der Waals surface area contributed by atoms with Gasteiger partial charge in [0, 0.05) is 21.6 Å². The summed E-state index contributed by atoms with van der Waals surface area (Å²) in [6, 6.07) is 17.0. The van der Waals surface area contributed by atoms with Gasteiger partial charge >= 0.3 is 0 Å². The van der Waals surface area contributed by atoms with Crippen LogP contribution in [0.25, 0.3) is 4.91 Å². The van der Waals surface area contributed by atoms with Crippen molar-refractivity contribution in [1.29, 1.82) is 0 Å². The summed E-state index contributed by atoms with van der Waals surface area (Å²) >= 11 is 7.70. The molecule has 0 saturated heterocycles. The smallest absolute Gasteiger partial charge is 0.259 e. The maximum Gasteiger partial charge on any atom is 0.263 e. The van der Waals surface area contributed by atoms with Crippen LogP contribution < -0.4 is 0 Å². The van der Waals surface area contributed by atoms with Crippen LogP contribution in [0, 0.1) is 10.1 Å². The fourth-order valence-corrected chi connectivity index (χ4v) is 3.89. The van der Waals surface area contributed by atoms with E-state index in [9.17, 15) is 10.1 Å². The van der Waals surface area contributed by atoms with Crippen molar-refractivity contribution in [3.63, 3.8) is 0 Å². The number of thioether (sulfide) groups is 1. The summed E-state index contributed by atoms with van der Waals surface area (Å²) in [5, 5.41) is 11.6. The first-order valence-corrected chi connectivity index (χ1v) is 7.95. The average molecular weight is 330 g/mol. The quantitative estimate of drug-likeness (QED) is 0.564. The lowest BCUT2D eigenvalue weighted by atomic mass is 10.1. The fourth-order valence-electron chi connectivity index (χ4n) is 2.31. The first-order chi connectivity index (χ1) is 10.7. The van der Waals surface area contributed by atoms with Crippen molar-refractivity contribution < 1.29 is 4.92 Å². The highest BCUT2D eigenvalue weighted by Gasteiger charge is 2.31. The molecule has 5 heteroatoms. The summed E-state index contributed by atoms with van der Waals surface area (Å²) in [6.07, 6.45) is 3.34. The molecular formula is C17H12ClNO2S. The van der Waals surface area contributed by atoms with Crippen LogP contribution in [0.4, 0.5) is 0 Å². The van der Waals surface area contributed by atoms with Gasteiger partial charge in [-0.15, -0.1) is 11.8 Å². The van der Waals surface area contributed by atoms with Crippen molar-refractivity contribution in [3.05, 3.63) is 98.7 Å². The summed E-state index contributed by atoms with van der Waals surface area (Å²) < 4.78 is 0. The number of halogens is 1. The van der Waals surface area contributed by atoms with Crippen molar-refractivity contribution >= 4 is 28.3 Å². The second kappa shape index (κ2) is 6.38. The van der Waals surface area contributed by atoms with E-state index in [-0.39, 0.29) is 15.9 Å². The van der Waals surface area contributed by atoms with Gasteiger partial charge in [-0.2, -0.15) is 0 Å². The van der Waals surface area contributed by atoms with Gasteiger partial charge < -0.3 is 0 Å². The minimum Gasteiger partial charge on any atom is -0.259 e. The van der Waals surface area contributed by atoms with Crippen LogP contribution >= 0.6 is 23.4 Å². The van der Waals surface area contributed by atoms with Gasteiger partial charge in [-0.1, -0.05) is 60.1 Å². The Balaban J connectivity index is 2.03. The summed E-state index contributed by atoms with van der Waals surface area (Å²) in [6.45, 7) is 0. The van der Waals surface area contributed by atoms with Crippen LogP contribution in [0.5, 0.6) is 0 Å². The van der Waals surface area contributed by atoms with Crippen LogP contribution in [0.2, 0.25) is 5.02 Å². The zero-order valence-electron chi connectivity index (χ0n) is 11.5. The number of hydrogen-bond acceptors (Lipinski definition) is 3. The van der Waals surface area contributed by atoms with E-state index in [0.717, 1.165) is 16.0 Å². The third kappa shape index (κ3) is 2.93. The largest absolute Gasteiger partial charge is 0.263 e. The molecular weight excluding hydrogens is 318 g/mol. The predicted octanol–water partition coefficient (Wildman–Crippen LogP) is 5.33. The Morgan fingerprint density at radius 3 is 2.36 bits per heavy atom. The maximum absolute atomic E-state index is 11.3. The molecule has 0 radical (unpaired) electrons. The Labute approximate surface area is 137 Å². The van der Waals surface area contributed by atoms with Crippen LogP contribution in [0.3, 0.4) is 0 Å². The topological polar surface area (TPSA) is 43.1 Å². The highest BCUT2D eigenvalue weighted by Crippen LogP contribution is 2.48. The lowest BCUT2D eigenvalue weighted by molar-refractivity contribution is -0.427. The molecule has 110 valence electrons. The molecule has 0 aromatic heterocycles. The van der Waals surface area contributed by atoms with Crippen LogP contribution in [-0.2, 0) is 0 Å². The maximum atomic E-state index is 11.3. The standard InChI is InChI=1S/C17H12ClNO2S/c18-14-9-5-4-8-13(14)16-11-10-15(19(20)21)17(22-16)12-6-2-1-3-7-12/h1-11,17H. The Hall–Kier alpha value is -2.04. The van der Waals surface area contributed by atoms with E-state index in [2.05, 4.69) is 0 Å². The van der Waals surface area contributed by atoms with E-state index in [1.54, 1.807) is 12.2 Å². The molecule has 1 aliphatic rings. The Morgan fingerprint density at radius 2 is 1.68 bits per heavy atom. The molecule has 0 amide bonds. The van der Waals surface area contributed by atoms with E-state index < -0.39 is 0 Å². The molecule has 0 aliphatic carbocycles. The minimum atomic E-state index is -0.340. The summed E-state index contributed by atoms with van der Waals surface area (Å²) in [7, 11) is 0. The number of allylic oxidation sites excluding steroid dienone is 2. The van der Waals surface area contributed by atoms with E-state index in [1.165, 1.54) is 11.8 Å². The number of rotatable bonds is 3. The fraction of sp³-hybridized carbons (Fsp3) is 0.0588. The third-order valence-electron chi connectivity index (χ3n) is 3.37. The normalized spacial score (nSPS) is 17.6. The van der Waals surface area contributed by atoms with E-state index >= 15 is 0 Å². The molecule has 0 fully saturated rings. The zero-order valence-corrected chi connectivity index (χ0v) is 13.1. The monoisotopic (exact) mass is 329 g/mol. The van der Waals surface area contributed by atoms with Crippen LogP contribution in [0.15, 0.2) is 72.4 Å². The Morgan fingerprint density at radius 1 is 1.00 bits per heavy atom. The van der Waals surface area contributed by atoms with Gasteiger partial charge in [0.15, 0.2) is 0 Å². The molecule has 1 heterocycles. The SMILES string of the molecule is O=[N+]([O-])C1=CC=C(c2ccccc2Cl)SC1c1ccccc1. The number of nitrogens with zero attached hydrogens (tertiary/aromatic N) is 1. The van der Waals surface area contributed by atoms with Gasteiger partial charge in [0.25, 0.3) is 5.70 Å². The van der Waals surface area contributed by atoms with E-state index in [1.807, 2.05) is 54.6 Å². The van der Waals surface area contributed by atoms with Crippen LogP contribution in [-0.4, -0.2) is 4.92 Å². The van der Waals surface area contributed by atoms with Gasteiger partial charge in [-0.25, -0.2) is 0 Å². The summed E-state index contributed by atoms with van der Waals surface area (Å²) in [5.41, 5.74) is 1.99. The third-order valence-corrected chi connectivity index (χ3v) is 5.06. The number of benzene rings is 2. The Bertz CT molecular complexity index is 771. The second-order valence-corrected chi connectivity index (χ2v) is 6.32. The first kappa shape index (κ1) is 14.9. The molecule has 22 heavy (non-hydrogen) atoms. The van der Waals surface area contributed by atoms with Crippen molar-refractivity contribution in [2.75, 3.05) is 0 Å². The molecule has 0 saturated carbocycles. The number of hydrogen-bond donors (Lipinski definition) is 0. The van der Waals surface area contributed by atoms with Gasteiger partial charge in [0.2, 0.25) is 0 Å². The molecule has 1 aliphatic heterocycles. The van der Waals surface area contributed by atoms with Crippen LogP contribution in [0.1, 0.15) is 16.4 Å². The first-order valence-electron chi connectivity index (χ1n) is 6.69. The summed E-state index contributed by atoms with van der Waals surface area (Å²) in [4.78, 5) is 11.9. The van der Waals surface area contributed by atoms with E-state index in [0.29, 0.717) is 5.02 Å². The molecule has 0 N–H and O–H groups in total. The zero-order chi connectivity index (χ0) is 15.5. The second-order valence-electron chi connectivity index (χ2n) is 4.77. The van der Waals surface area contributed by atoms with Gasteiger partial charge in [0.05, 0.1) is 4.92 Å². The Kier molecular flexibility index (Phi) is 4.32. The lowest BCUT2D eigenvalue weighted by Crippen LogP contribution is -2.10. The summed E-state index contributed by atoms with van der Waals surface area (Å²) in [5.74, 6) is 0. The molecule has 1 atom stereocenters. The minimum absolute atomic E-state index is 0.187. The van der Waals surface area contributed by atoms with Gasteiger partial charge in [-0.3, -0.25) is 10.1 Å².